The van der Waals surface area contributed by atoms with Crippen LogP contribution < -0.4 is 15.0 Å². The summed E-state index contributed by atoms with van der Waals surface area (Å²) in [5.74, 6) is -5.29. The fraction of sp³-hybridized carbons (Fsp3) is 0.231. The third kappa shape index (κ3) is 6.97. The summed E-state index contributed by atoms with van der Waals surface area (Å²) in [4.78, 5) is 37.0. The van der Waals surface area contributed by atoms with E-state index in [1.165, 1.54) is 6.92 Å². The van der Waals surface area contributed by atoms with E-state index in [1.54, 1.807) is 0 Å². The van der Waals surface area contributed by atoms with Crippen molar-refractivity contribution in [3.8, 4) is 5.75 Å². The van der Waals surface area contributed by atoms with Crippen LogP contribution in [0.15, 0.2) is 59.1 Å². The van der Waals surface area contributed by atoms with Gasteiger partial charge in [-0.05, 0) is 59.3 Å². The topological polar surface area (TPSA) is 102 Å². The zero-order valence-corrected chi connectivity index (χ0v) is 23.7. The lowest BCUT2D eigenvalue weighted by molar-refractivity contribution is -0.384. The van der Waals surface area contributed by atoms with Crippen molar-refractivity contribution in [2.75, 3.05) is 16.8 Å². The zero-order valence-electron chi connectivity index (χ0n) is 22.1. The summed E-state index contributed by atoms with van der Waals surface area (Å²) in [5.41, 5.74) is -11.1. The molecule has 0 aliphatic heterocycles. The van der Waals surface area contributed by atoms with Crippen LogP contribution >= 0.6 is 15.9 Å². The maximum absolute atomic E-state index is 15.6. The van der Waals surface area contributed by atoms with E-state index >= 15 is 4.39 Å². The van der Waals surface area contributed by atoms with E-state index in [0.717, 1.165) is 47.4 Å². The third-order valence-corrected chi connectivity index (χ3v) is 6.71. The summed E-state index contributed by atoms with van der Waals surface area (Å²) in [5, 5.41) is 12.7. The van der Waals surface area contributed by atoms with E-state index in [9.17, 15) is 59.2 Å². The van der Waals surface area contributed by atoms with Crippen molar-refractivity contribution in [2.24, 2.45) is 0 Å². The molecule has 2 amide bonds. The first-order valence-corrected chi connectivity index (χ1v) is 12.8. The van der Waals surface area contributed by atoms with E-state index < -0.39 is 79.9 Å². The molecule has 3 aromatic carbocycles. The molecule has 0 unspecified atom stereocenters. The minimum atomic E-state index is -6.61. The summed E-state index contributed by atoms with van der Waals surface area (Å²) in [6.45, 7) is -2.69. The van der Waals surface area contributed by atoms with Gasteiger partial charge in [-0.15, -0.1) is 0 Å². The number of carbonyl (C=O) groups excluding carboxylic acids is 2. The molecule has 0 saturated carbocycles. The molecule has 0 radical (unpaired) electrons. The van der Waals surface area contributed by atoms with E-state index in [-0.39, 0.29) is 29.9 Å². The van der Waals surface area contributed by atoms with Gasteiger partial charge < -0.3 is 15.0 Å². The summed E-state index contributed by atoms with van der Waals surface area (Å²) in [6.07, 6.45) is -13.2. The van der Waals surface area contributed by atoms with Gasteiger partial charge in [-0.3, -0.25) is 19.7 Å². The van der Waals surface area contributed by atoms with Crippen LogP contribution in [0.4, 0.5) is 61.0 Å². The van der Waals surface area contributed by atoms with Crippen LogP contribution in [0.5, 0.6) is 5.75 Å². The highest BCUT2D eigenvalue weighted by Gasteiger charge is 2.73. The number of nitrogens with zero attached hydrogens (tertiary/aromatic N) is 2. The molecule has 0 atom stereocenters. The standard InChI is InChI=1S/C26H16BrF10N3O5/c1-2-39(22(42)12-6-8-14(9-7-12)40(43)44)17-5-3-4-15(19(17)28)21(41)38-20-16(27)10-13(11-18(20)45-23(29)30)24(31,25(32,33)34)26(35,36)37/h3-11,23H,2H2,1H3,(H,38,41). The number of carbonyl (C=O) groups is 2. The van der Waals surface area contributed by atoms with Crippen LogP contribution in [-0.4, -0.2) is 42.2 Å². The number of nitro benzene ring substituents is 1. The lowest BCUT2D eigenvalue weighted by Gasteiger charge is -2.31. The predicted octanol–water partition coefficient (Wildman–Crippen LogP) is 8.31. The monoisotopic (exact) mass is 719 g/mol. The van der Waals surface area contributed by atoms with Crippen molar-refractivity contribution in [1.82, 2.24) is 0 Å². The molecule has 45 heavy (non-hydrogen) atoms. The fourth-order valence-electron chi connectivity index (χ4n) is 3.97. The molecule has 0 aliphatic rings. The summed E-state index contributed by atoms with van der Waals surface area (Å²) >= 11 is 2.51. The summed E-state index contributed by atoms with van der Waals surface area (Å²) < 4.78 is 139. The van der Waals surface area contributed by atoms with Crippen molar-refractivity contribution in [3.63, 3.8) is 0 Å². The minimum Gasteiger partial charge on any atom is -0.433 e. The average molecular weight is 720 g/mol. The van der Waals surface area contributed by atoms with Gasteiger partial charge in [0.25, 0.3) is 17.5 Å². The number of benzene rings is 3. The summed E-state index contributed by atoms with van der Waals surface area (Å²) in [7, 11) is 0. The van der Waals surface area contributed by atoms with Gasteiger partial charge >= 0.3 is 24.6 Å². The van der Waals surface area contributed by atoms with Crippen LogP contribution in [0, 0.1) is 15.9 Å². The van der Waals surface area contributed by atoms with E-state index in [1.807, 2.05) is 5.32 Å². The van der Waals surface area contributed by atoms with Crippen LogP contribution in [0.3, 0.4) is 0 Å². The Labute approximate surface area is 253 Å². The number of amides is 2. The number of non-ortho nitro benzene ring substituents is 1. The number of nitro groups is 1. The molecule has 1 N–H and O–H groups in total. The van der Waals surface area contributed by atoms with Crippen molar-refractivity contribution in [3.05, 3.63) is 91.7 Å². The van der Waals surface area contributed by atoms with Gasteiger partial charge in [-0.25, -0.2) is 8.78 Å². The van der Waals surface area contributed by atoms with Gasteiger partial charge in [0.05, 0.1) is 21.9 Å². The van der Waals surface area contributed by atoms with Crippen molar-refractivity contribution < 1.29 is 63.2 Å². The Morgan fingerprint density at radius 3 is 2.07 bits per heavy atom. The molecule has 0 spiro atoms. The molecule has 3 aromatic rings. The quantitative estimate of drug-likeness (QED) is 0.136. The van der Waals surface area contributed by atoms with Crippen LogP contribution in [0.1, 0.15) is 33.2 Å². The smallest absolute Gasteiger partial charge is 0.433 e. The molecular weight excluding hydrogens is 704 g/mol. The minimum absolute atomic E-state index is 0.0800. The first-order valence-electron chi connectivity index (χ1n) is 12.0. The molecule has 0 saturated heterocycles. The van der Waals surface area contributed by atoms with Gasteiger partial charge in [0, 0.05) is 34.3 Å². The van der Waals surface area contributed by atoms with Crippen LogP contribution in [-0.2, 0) is 5.67 Å². The number of rotatable bonds is 9. The molecule has 19 heteroatoms. The first-order chi connectivity index (χ1) is 20.7. The average Bonchev–Trinajstić information content (AvgIpc) is 2.93. The molecular formula is C26H16BrF10N3O5. The van der Waals surface area contributed by atoms with Gasteiger partial charge in [-0.2, -0.15) is 35.1 Å². The number of hydrogen-bond acceptors (Lipinski definition) is 5. The molecule has 0 aromatic heterocycles. The number of nitrogens with one attached hydrogen (secondary N) is 1. The normalized spacial score (nSPS) is 12.2. The van der Waals surface area contributed by atoms with Crippen LogP contribution in [0.2, 0.25) is 0 Å². The SMILES string of the molecule is CCN(C(=O)c1ccc([N+](=O)[O-])cc1)c1cccc(C(=O)Nc2c(Br)cc(C(F)(C(F)(F)F)C(F)(F)F)cc2OC(F)F)c1F. The molecule has 8 nitrogen and oxygen atoms in total. The molecule has 3 rings (SSSR count). The van der Waals surface area contributed by atoms with Crippen molar-refractivity contribution in [2.45, 2.75) is 31.6 Å². The number of anilines is 2. The molecule has 0 aliphatic carbocycles. The van der Waals surface area contributed by atoms with Gasteiger partial charge in [0.15, 0.2) is 11.6 Å². The zero-order chi connectivity index (χ0) is 34.1. The van der Waals surface area contributed by atoms with E-state index in [4.69, 9.17) is 0 Å². The number of hydrogen-bond donors (Lipinski definition) is 1. The lowest BCUT2D eigenvalue weighted by atomic mass is 9.93. The Morgan fingerprint density at radius 1 is 1.00 bits per heavy atom. The van der Waals surface area contributed by atoms with E-state index in [2.05, 4.69) is 20.7 Å². The van der Waals surface area contributed by atoms with Crippen molar-refractivity contribution >= 4 is 44.8 Å². The fourth-order valence-corrected chi connectivity index (χ4v) is 4.51. The highest BCUT2D eigenvalue weighted by Crippen LogP contribution is 2.55. The summed E-state index contributed by atoms with van der Waals surface area (Å²) in [6, 6.07) is 6.77. The maximum Gasteiger partial charge on any atom is 0.435 e. The van der Waals surface area contributed by atoms with Gasteiger partial charge in [0.2, 0.25) is 0 Å². The maximum atomic E-state index is 15.6. The predicted molar refractivity (Wildman–Crippen MR) is 140 cm³/mol. The number of alkyl halides is 9. The Morgan fingerprint density at radius 2 is 1.58 bits per heavy atom. The van der Waals surface area contributed by atoms with Gasteiger partial charge in [0.1, 0.15) is 0 Å². The number of halogens is 11. The third-order valence-electron chi connectivity index (χ3n) is 6.09. The second-order valence-electron chi connectivity index (χ2n) is 8.81. The molecule has 242 valence electrons. The first kappa shape index (κ1) is 35.1. The highest BCUT2D eigenvalue weighted by atomic mass is 79.9. The second kappa shape index (κ2) is 12.9. The largest absolute Gasteiger partial charge is 0.435 e. The Balaban J connectivity index is 2.05. The second-order valence-corrected chi connectivity index (χ2v) is 9.66. The lowest BCUT2D eigenvalue weighted by Crippen LogP contribution is -2.50. The van der Waals surface area contributed by atoms with Crippen LogP contribution in [0.25, 0.3) is 0 Å². The highest BCUT2D eigenvalue weighted by molar-refractivity contribution is 9.10. The van der Waals surface area contributed by atoms with E-state index in [0.29, 0.717) is 0 Å². The Kier molecular flexibility index (Phi) is 10.1. The van der Waals surface area contributed by atoms with Gasteiger partial charge in [-0.1, -0.05) is 6.07 Å². The number of ether oxygens (including phenoxy) is 1. The molecule has 0 bridgehead atoms. The molecule has 0 fully saturated rings. The van der Waals surface area contributed by atoms with Crippen molar-refractivity contribution in [1.29, 1.82) is 0 Å². The molecule has 0 heterocycles. The Bertz CT molecular complexity index is 1600. The Hall–Kier alpha value is -4.42.